The van der Waals surface area contributed by atoms with Gasteiger partial charge in [0.05, 0.1) is 12.0 Å². The van der Waals surface area contributed by atoms with Crippen LogP contribution in [0.1, 0.15) is 10.8 Å². The van der Waals surface area contributed by atoms with Crippen LogP contribution < -0.4 is 10.5 Å². The molecule has 1 aromatic carbocycles. The first kappa shape index (κ1) is 14.5. The molecule has 6 heteroatoms. The summed E-state index contributed by atoms with van der Waals surface area (Å²) in [5.41, 5.74) is 6.24. The summed E-state index contributed by atoms with van der Waals surface area (Å²) in [5, 5.41) is -0.801. The van der Waals surface area contributed by atoms with Gasteiger partial charge in [-0.05, 0) is 35.9 Å². The monoisotopic (exact) mass is 292 g/mol. The van der Waals surface area contributed by atoms with E-state index in [9.17, 15) is 8.42 Å². The average molecular weight is 292 g/mol. The summed E-state index contributed by atoms with van der Waals surface area (Å²) in [5.74, 6) is 0.606. The minimum atomic E-state index is -3.55. The van der Waals surface area contributed by atoms with Crippen molar-refractivity contribution in [3.8, 4) is 5.75 Å². The zero-order chi connectivity index (χ0) is 14.6. The number of nitrogens with zero attached hydrogens (tertiary/aromatic N) is 1. The summed E-state index contributed by atoms with van der Waals surface area (Å²) in [4.78, 5) is 4.17. The second kappa shape index (κ2) is 6.02. The normalized spacial score (nSPS) is 12.9. The maximum atomic E-state index is 12.6. The van der Waals surface area contributed by atoms with E-state index in [-0.39, 0.29) is 11.4 Å². The van der Waals surface area contributed by atoms with Gasteiger partial charge in [-0.2, -0.15) is 0 Å². The number of methoxy groups -OCH3 is 1. The van der Waals surface area contributed by atoms with Crippen molar-refractivity contribution in [3.05, 3.63) is 54.4 Å². The molecule has 0 spiro atoms. The van der Waals surface area contributed by atoms with Gasteiger partial charge in [0.1, 0.15) is 11.0 Å². The molecule has 0 aliphatic carbocycles. The van der Waals surface area contributed by atoms with Crippen molar-refractivity contribution in [3.63, 3.8) is 0 Å². The number of rotatable bonds is 5. The van der Waals surface area contributed by atoms with E-state index < -0.39 is 15.1 Å². The van der Waals surface area contributed by atoms with E-state index in [2.05, 4.69) is 4.98 Å². The molecule has 1 atom stereocenters. The van der Waals surface area contributed by atoms with E-state index in [1.54, 1.807) is 30.5 Å². The third-order valence-corrected chi connectivity index (χ3v) is 5.18. The minimum absolute atomic E-state index is 0.0000554. The molecule has 106 valence electrons. The largest absolute Gasteiger partial charge is 0.497 e. The molecule has 2 rings (SSSR count). The van der Waals surface area contributed by atoms with Crippen LogP contribution in [0, 0.1) is 0 Å². The summed E-state index contributed by atoms with van der Waals surface area (Å²) in [7, 11) is -2.02. The first-order valence-corrected chi connectivity index (χ1v) is 7.62. The summed E-state index contributed by atoms with van der Waals surface area (Å²) in [6.45, 7) is 0.0000554. The topological polar surface area (TPSA) is 82.3 Å². The standard InChI is InChI=1S/C14H16N2O3S/c1-19-12-4-6-13(7-5-12)20(17,18)14(9-15)11-3-2-8-16-10-11/h2-8,10,14H,9,15H2,1H3/t14-/m0/s1. The van der Waals surface area contributed by atoms with E-state index in [0.29, 0.717) is 11.3 Å². The highest BCUT2D eigenvalue weighted by atomic mass is 32.2. The Morgan fingerprint density at radius 3 is 2.45 bits per heavy atom. The van der Waals surface area contributed by atoms with Gasteiger partial charge in [0, 0.05) is 18.9 Å². The van der Waals surface area contributed by atoms with Gasteiger partial charge in [-0.1, -0.05) is 6.07 Å². The number of hydrogen-bond donors (Lipinski definition) is 1. The first-order chi connectivity index (χ1) is 9.59. The van der Waals surface area contributed by atoms with E-state index in [1.165, 1.54) is 25.4 Å². The Labute approximate surface area is 118 Å². The van der Waals surface area contributed by atoms with Gasteiger partial charge in [-0.3, -0.25) is 4.98 Å². The number of aromatic nitrogens is 1. The van der Waals surface area contributed by atoms with Gasteiger partial charge >= 0.3 is 0 Å². The average Bonchev–Trinajstić information content (AvgIpc) is 2.49. The number of benzene rings is 1. The molecular weight excluding hydrogens is 276 g/mol. The number of sulfone groups is 1. The van der Waals surface area contributed by atoms with E-state index in [0.717, 1.165) is 0 Å². The fraction of sp³-hybridized carbons (Fsp3) is 0.214. The molecule has 0 aliphatic rings. The predicted octanol–water partition coefficient (Wildman–Crippen LogP) is 1.56. The van der Waals surface area contributed by atoms with E-state index in [1.807, 2.05) is 0 Å². The maximum Gasteiger partial charge on any atom is 0.186 e. The number of ether oxygens (including phenoxy) is 1. The van der Waals surface area contributed by atoms with Gasteiger partial charge in [0.15, 0.2) is 9.84 Å². The molecule has 0 amide bonds. The molecule has 20 heavy (non-hydrogen) atoms. The quantitative estimate of drug-likeness (QED) is 0.904. The zero-order valence-corrected chi connectivity index (χ0v) is 11.9. The van der Waals surface area contributed by atoms with E-state index >= 15 is 0 Å². The molecule has 2 N–H and O–H groups in total. The Morgan fingerprint density at radius 2 is 1.95 bits per heavy atom. The van der Waals surface area contributed by atoms with Crippen molar-refractivity contribution in [1.29, 1.82) is 0 Å². The lowest BCUT2D eigenvalue weighted by atomic mass is 10.2. The van der Waals surface area contributed by atoms with Gasteiger partial charge in [-0.25, -0.2) is 8.42 Å². The van der Waals surface area contributed by atoms with Crippen LogP contribution in [0.15, 0.2) is 53.7 Å². The number of pyridine rings is 1. The molecule has 0 fully saturated rings. The van der Waals surface area contributed by atoms with Gasteiger partial charge in [0.2, 0.25) is 0 Å². The second-order valence-corrected chi connectivity index (χ2v) is 6.36. The Morgan fingerprint density at radius 1 is 1.25 bits per heavy atom. The highest BCUT2D eigenvalue weighted by Gasteiger charge is 2.28. The van der Waals surface area contributed by atoms with Crippen LogP contribution in [-0.2, 0) is 9.84 Å². The lowest BCUT2D eigenvalue weighted by Gasteiger charge is -2.16. The van der Waals surface area contributed by atoms with Crippen LogP contribution in [0.4, 0.5) is 0 Å². The highest BCUT2D eigenvalue weighted by Crippen LogP contribution is 2.28. The fourth-order valence-electron chi connectivity index (χ4n) is 1.94. The number of nitrogens with two attached hydrogens (primary N) is 1. The van der Waals surface area contributed by atoms with Gasteiger partial charge in [0.25, 0.3) is 0 Å². The van der Waals surface area contributed by atoms with Crippen LogP contribution in [0.5, 0.6) is 5.75 Å². The van der Waals surface area contributed by atoms with Crippen molar-refractivity contribution < 1.29 is 13.2 Å². The van der Waals surface area contributed by atoms with Crippen molar-refractivity contribution in [2.75, 3.05) is 13.7 Å². The second-order valence-electron chi connectivity index (χ2n) is 4.23. The van der Waals surface area contributed by atoms with Crippen LogP contribution >= 0.6 is 0 Å². The highest BCUT2D eigenvalue weighted by molar-refractivity contribution is 7.91. The van der Waals surface area contributed by atoms with E-state index in [4.69, 9.17) is 10.5 Å². The van der Waals surface area contributed by atoms with Crippen LogP contribution in [0.3, 0.4) is 0 Å². The van der Waals surface area contributed by atoms with Crippen LogP contribution in [0.25, 0.3) is 0 Å². The molecule has 5 nitrogen and oxygen atoms in total. The first-order valence-electron chi connectivity index (χ1n) is 6.07. The summed E-state index contributed by atoms with van der Waals surface area (Å²) < 4.78 is 30.3. The SMILES string of the molecule is COc1ccc(S(=O)(=O)[C@@H](CN)c2cccnc2)cc1. The van der Waals surface area contributed by atoms with Gasteiger partial charge < -0.3 is 10.5 Å². The molecule has 1 aromatic heterocycles. The van der Waals surface area contributed by atoms with Crippen molar-refractivity contribution in [1.82, 2.24) is 4.98 Å². The molecule has 0 aliphatic heterocycles. The zero-order valence-electron chi connectivity index (χ0n) is 11.1. The number of hydrogen-bond acceptors (Lipinski definition) is 5. The third-order valence-electron chi connectivity index (χ3n) is 3.03. The molecule has 0 bridgehead atoms. The summed E-state index contributed by atoms with van der Waals surface area (Å²) in [6, 6.07) is 9.68. The Bertz CT molecular complexity index is 655. The maximum absolute atomic E-state index is 12.6. The molecule has 0 radical (unpaired) electrons. The third kappa shape index (κ3) is 2.81. The van der Waals surface area contributed by atoms with Crippen LogP contribution in [-0.4, -0.2) is 27.1 Å². The Kier molecular flexibility index (Phi) is 4.36. The van der Waals surface area contributed by atoms with Crippen molar-refractivity contribution in [2.24, 2.45) is 5.73 Å². The van der Waals surface area contributed by atoms with Crippen molar-refractivity contribution >= 4 is 9.84 Å². The smallest absolute Gasteiger partial charge is 0.186 e. The molecular formula is C14H16N2O3S. The minimum Gasteiger partial charge on any atom is -0.497 e. The lowest BCUT2D eigenvalue weighted by molar-refractivity contribution is 0.414. The summed E-state index contributed by atoms with van der Waals surface area (Å²) in [6.07, 6.45) is 3.12. The van der Waals surface area contributed by atoms with Gasteiger partial charge in [-0.15, -0.1) is 0 Å². The van der Waals surface area contributed by atoms with Crippen molar-refractivity contribution in [2.45, 2.75) is 10.1 Å². The predicted molar refractivity (Wildman–Crippen MR) is 76.2 cm³/mol. The molecule has 2 aromatic rings. The molecule has 0 unspecified atom stereocenters. The Hall–Kier alpha value is -1.92. The summed E-state index contributed by atoms with van der Waals surface area (Å²) >= 11 is 0. The Balaban J connectivity index is 2.41. The molecule has 0 saturated heterocycles. The molecule has 0 saturated carbocycles. The fourth-order valence-corrected chi connectivity index (χ4v) is 3.53. The lowest BCUT2D eigenvalue weighted by Crippen LogP contribution is -2.22. The van der Waals surface area contributed by atoms with Crippen LogP contribution in [0.2, 0.25) is 0 Å². The molecule has 1 heterocycles.